The number of rotatable bonds is 7. The summed E-state index contributed by atoms with van der Waals surface area (Å²) in [5.74, 6) is 1.68. The Kier molecular flexibility index (Phi) is 6.97. The topological polar surface area (TPSA) is 43.6 Å². The van der Waals surface area contributed by atoms with E-state index in [0.29, 0.717) is 13.0 Å². The zero-order valence-electron chi connectivity index (χ0n) is 16.8. The SMILES string of the molecule is CCOc1ccc(CC(=O)N=c2sc3cc(C)c(C)cc3n2CCSC)cc1. The molecule has 0 unspecified atom stereocenters. The van der Waals surface area contributed by atoms with Gasteiger partial charge in [0.2, 0.25) is 0 Å². The van der Waals surface area contributed by atoms with Crippen molar-refractivity contribution in [3.8, 4) is 5.75 Å². The van der Waals surface area contributed by atoms with Crippen LogP contribution in [-0.4, -0.2) is 29.1 Å². The van der Waals surface area contributed by atoms with Crippen molar-refractivity contribution in [2.75, 3.05) is 18.6 Å². The van der Waals surface area contributed by atoms with Gasteiger partial charge in [0.1, 0.15) is 5.75 Å². The first kappa shape index (κ1) is 20.7. The largest absolute Gasteiger partial charge is 0.494 e. The van der Waals surface area contributed by atoms with E-state index in [-0.39, 0.29) is 5.91 Å². The Balaban J connectivity index is 1.91. The maximum Gasteiger partial charge on any atom is 0.252 e. The summed E-state index contributed by atoms with van der Waals surface area (Å²) in [6, 6.07) is 12.1. The molecule has 3 aromatic rings. The Hall–Kier alpha value is -2.05. The van der Waals surface area contributed by atoms with Crippen LogP contribution < -0.4 is 9.54 Å². The number of carbonyl (C=O) groups excluding carboxylic acids is 1. The third kappa shape index (κ3) is 4.86. The van der Waals surface area contributed by atoms with Crippen LogP contribution in [0.25, 0.3) is 10.2 Å². The van der Waals surface area contributed by atoms with Gasteiger partial charge < -0.3 is 9.30 Å². The van der Waals surface area contributed by atoms with E-state index in [2.05, 4.69) is 41.8 Å². The molecule has 6 heteroatoms. The first-order chi connectivity index (χ1) is 13.5. The molecule has 0 atom stereocenters. The lowest BCUT2D eigenvalue weighted by molar-refractivity contribution is -0.117. The van der Waals surface area contributed by atoms with Gasteiger partial charge in [0.05, 0.1) is 23.2 Å². The molecule has 28 heavy (non-hydrogen) atoms. The van der Waals surface area contributed by atoms with Crippen LogP contribution in [0.1, 0.15) is 23.6 Å². The van der Waals surface area contributed by atoms with Crippen LogP contribution in [0.3, 0.4) is 0 Å². The first-order valence-corrected chi connectivity index (χ1v) is 11.6. The van der Waals surface area contributed by atoms with Gasteiger partial charge >= 0.3 is 0 Å². The number of amides is 1. The highest BCUT2D eigenvalue weighted by Crippen LogP contribution is 2.22. The molecule has 1 heterocycles. The second-order valence-corrected chi connectivity index (χ2v) is 8.69. The molecule has 0 N–H and O–H groups in total. The summed E-state index contributed by atoms with van der Waals surface area (Å²) in [5, 5.41) is 0. The molecule has 0 aliphatic heterocycles. The molecule has 1 amide bonds. The highest BCUT2D eigenvalue weighted by molar-refractivity contribution is 7.98. The van der Waals surface area contributed by atoms with Gasteiger partial charge in [-0.1, -0.05) is 23.5 Å². The maximum absolute atomic E-state index is 12.6. The van der Waals surface area contributed by atoms with Crippen LogP contribution in [0.2, 0.25) is 0 Å². The lowest BCUT2D eigenvalue weighted by atomic mass is 10.1. The fraction of sp³-hybridized carbons (Fsp3) is 0.364. The summed E-state index contributed by atoms with van der Waals surface area (Å²) in [5.41, 5.74) is 4.63. The normalized spacial score (nSPS) is 11.9. The molecule has 0 aliphatic rings. The molecule has 0 spiro atoms. The minimum absolute atomic E-state index is 0.123. The lowest BCUT2D eigenvalue weighted by Gasteiger charge is -2.06. The molecular formula is C22H26N2O2S2. The van der Waals surface area contributed by atoms with Crippen LogP contribution in [-0.2, 0) is 17.8 Å². The van der Waals surface area contributed by atoms with E-state index in [1.807, 2.05) is 31.2 Å². The van der Waals surface area contributed by atoms with E-state index >= 15 is 0 Å². The first-order valence-electron chi connectivity index (χ1n) is 9.40. The van der Waals surface area contributed by atoms with E-state index in [1.54, 1.807) is 23.1 Å². The minimum atomic E-state index is -0.123. The molecule has 0 aliphatic carbocycles. The van der Waals surface area contributed by atoms with Crippen molar-refractivity contribution in [3.05, 3.63) is 57.9 Å². The monoisotopic (exact) mass is 414 g/mol. The number of benzene rings is 2. The van der Waals surface area contributed by atoms with Crippen LogP contribution in [0, 0.1) is 13.8 Å². The number of nitrogens with zero attached hydrogens (tertiary/aromatic N) is 2. The Morgan fingerprint density at radius 2 is 1.89 bits per heavy atom. The fourth-order valence-electron chi connectivity index (χ4n) is 3.00. The van der Waals surface area contributed by atoms with Gasteiger partial charge in [0.15, 0.2) is 4.80 Å². The summed E-state index contributed by atoms with van der Waals surface area (Å²) in [7, 11) is 0. The van der Waals surface area contributed by atoms with Crippen LogP contribution in [0.15, 0.2) is 41.4 Å². The van der Waals surface area contributed by atoms with E-state index in [4.69, 9.17) is 4.74 Å². The van der Waals surface area contributed by atoms with Gasteiger partial charge in [-0.3, -0.25) is 4.79 Å². The van der Waals surface area contributed by atoms with Crippen molar-refractivity contribution in [1.29, 1.82) is 0 Å². The maximum atomic E-state index is 12.6. The molecule has 0 saturated heterocycles. The molecule has 0 bridgehead atoms. The number of aryl methyl sites for hydroxylation is 3. The number of thiazole rings is 1. The molecule has 0 radical (unpaired) electrons. The second-order valence-electron chi connectivity index (χ2n) is 6.69. The average molecular weight is 415 g/mol. The predicted octanol–water partition coefficient (Wildman–Crippen LogP) is 4.75. The number of ether oxygens (including phenoxy) is 1. The molecular weight excluding hydrogens is 388 g/mol. The molecule has 1 aromatic heterocycles. The molecule has 4 nitrogen and oxygen atoms in total. The van der Waals surface area contributed by atoms with Gasteiger partial charge in [-0.25, -0.2) is 0 Å². The Bertz CT molecular complexity index is 1030. The highest BCUT2D eigenvalue weighted by Gasteiger charge is 2.10. The quantitative estimate of drug-likeness (QED) is 0.560. The van der Waals surface area contributed by atoms with Crippen molar-refractivity contribution in [2.45, 2.75) is 33.7 Å². The third-order valence-electron chi connectivity index (χ3n) is 4.63. The summed E-state index contributed by atoms with van der Waals surface area (Å²) in [6.45, 7) is 7.68. The Morgan fingerprint density at radius 3 is 2.57 bits per heavy atom. The third-order valence-corrected chi connectivity index (χ3v) is 6.26. The van der Waals surface area contributed by atoms with Gasteiger partial charge in [0.25, 0.3) is 5.91 Å². The van der Waals surface area contributed by atoms with E-state index in [1.165, 1.54) is 15.8 Å². The van der Waals surface area contributed by atoms with Crippen LogP contribution >= 0.6 is 23.1 Å². The number of thioether (sulfide) groups is 1. The summed E-state index contributed by atoms with van der Waals surface area (Å²) >= 11 is 3.39. The standard InChI is InChI=1S/C22H26N2O2S2/c1-5-26-18-8-6-17(7-9-18)14-21(25)23-22-24(10-11-27-4)19-12-15(2)16(3)13-20(19)28-22/h6-9,12-13H,5,10-11,14H2,1-4H3. The zero-order valence-corrected chi connectivity index (χ0v) is 18.5. The van der Waals surface area contributed by atoms with Crippen molar-refractivity contribution in [1.82, 2.24) is 4.57 Å². The van der Waals surface area contributed by atoms with Crippen LogP contribution in [0.4, 0.5) is 0 Å². The van der Waals surface area contributed by atoms with Crippen molar-refractivity contribution >= 4 is 39.2 Å². The van der Waals surface area contributed by atoms with Crippen molar-refractivity contribution < 1.29 is 9.53 Å². The second kappa shape index (κ2) is 9.43. The van der Waals surface area contributed by atoms with Gasteiger partial charge in [0, 0.05) is 12.3 Å². The molecule has 0 saturated carbocycles. The van der Waals surface area contributed by atoms with Crippen molar-refractivity contribution in [2.24, 2.45) is 4.99 Å². The molecule has 0 fully saturated rings. The molecule has 148 valence electrons. The van der Waals surface area contributed by atoms with Gasteiger partial charge in [-0.05, 0) is 68.0 Å². The zero-order chi connectivity index (χ0) is 20.1. The van der Waals surface area contributed by atoms with E-state index in [0.717, 1.165) is 33.9 Å². The fourth-order valence-corrected chi connectivity index (χ4v) is 4.52. The Morgan fingerprint density at radius 1 is 1.18 bits per heavy atom. The van der Waals surface area contributed by atoms with Gasteiger partial charge in [-0.15, -0.1) is 0 Å². The number of aromatic nitrogens is 1. The molecule has 2 aromatic carbocycles. The number of carbonyl (C=O) groups is 1. The van der Waals surface area contributed by atoms with E-state index in [9.17, 15) is 4.79 Å². The molecule has 3 rings (SSSR count). The number of hydrogen-bond donors (Lipinski definition) is 0. The smallest absolute Gasteiger partial charge is 0.252 e. The highest BCUT2D eigenvalue weighted by atomic mass is 32.2. The summed E-state index contributed by atoms with van der Waals surface area (Å²) < 4.78 is 8.81. The van der Waals surface area contributed by atoms with Crippen molar-refractivity contribution in [3.63, 3.8) is 0 Å². The Labute approximate surface area is 174 Å². The predicted molar refractivity (Wildman–Crippen MR) is 120 cm³/mol. The lowest BCUT2D eigenvalue weighted by Crippen LogP contribution is -2.18. The summed E-state index contributed by atoms with van der Waals surface area (Å²) in [4.78, 5) is 17.9. The van der Waals surface area contributed by atoms with Crippen LogP contribution in [0.5, 0.6) is 5.75 Å². The number of fused-ring (bicyclic) bond motifs is 1. The minimum Gasteiger partial charge on any atom is -0.494 e. The van der Waals surface area contributed by atoms with Gasteiger partial charge in [-0.2, -0.15) is 16.8 Å². The number of hydrogen-bond acceptors (Lipinski definition) is 4. The van der Waals surface area contributed by atoms with E-state index < -0.39 is 0 Å². The summed E-state index contributed by atoms with van der Waals surface area (Å²) in [6.07, 6.45) is 2.39. The average Bonchev–Trinajstić information content (AvgIpc) is 2.98.